The molecule has 2 atom stereocenters. The Balaban J connectivity index is 2.63. The first-order valence-corrected chi connectivity index (χ1v) is 3.48. The minimum atomic E-state index is -1.23. The highest BCUT2D eigenvalue weighted by Gasteiger charge is 2.19. The highest BCUT2D eigenvalue weighted by Crippen LogP contribution is 2.26. The Hall–Kier alpha value is 0.580. The lowest BCUT2D eigenvalue weighted by atomic mass is 10.00. The van der Waals surface area contributed by atoms with E-state index in [1.807, 2.05) is 0 Å². The van der Waals surface area contributed by atoms with Gasteiger partial charge in [-0.05, 0) is 12.8 Å². The van der Waals surface area contributed by atoms with E-state index in [0.29, 0.717) is 12.8 Å². The molecule has 1 saturated carbocycles. The van der Waals surface area contributed by atoms with E-state index in [-0.39, 0.29) is 6.42 Å². The van der Waals surface area contributed by atoms with Gasteiger partial charge in [0.1, 0.15) is 0 Å². The molecular formula is C6H10Cl2. The predicted molar refractivity (Wildman–Crippen MR) is 37.8 cm³/mol. The highest BCUT2D eigenvalue weighted by molar-refractivity contribution is 6.30. The van der Waals surface area contributed by atoms with Gasteiger partial charge in [0.15, 0.2) is 0 Å². The molecule has 0 aromatic carbocycles. The maximum absolute atomic E-state index is 7.48. The molecular weight excluding hydrogens is 143 g/mol. The number of hydrogen-bond donors (Lipinski definition) is 0. The maximum Gasteiger partial charge on any atom is 0.0499 e. The summed E-state index contributed by atoms with van der Waals surface area (Å²) < 4.78 is 22.2. The molecule has 1 aliphatic carbocycles. The minimum Gasteiger partial charge on any atom is -0.121 e. The van der Waals surface area contributed by atoms with Crippen LogP contribution in [0.15, 0.2) is 0 Å². The fourth-order valence-electron chi connectivity index (χ4n) is 0.704. The maximum atomic E-state index is 7.48. The lowest BCUT2D eigenvalue weighted by Gasteiger charge is -2.20. The molecule has 0 aliphatic heterocycles. The highest BCUT2D eigenvalue weighted by atomic mass is 35.5. The van der Waals surface area contributed by atoms with E-state index < -0.39 is 17.1 Å². The average molecular weight is 156 g/mol. The molecule has 0 spiro atoms. The molecule has 0 bridgehead atoms. The fraction of sp³-hybridized carbons (Fsp3) is 1.00. The van der Waals surface area contributed by atoms with Gasteiger partial charge in [0.05, 0.1) is 0 Å². The van der Waals surface area contributed by atoms with Crippen molar-refractivity contribution in [2.45, 2.75) is 36.4 Å². The van der Waals surface area contributed by atoms with Crippen LogP contribution in [0.3, 0.4) is 0 Å². The molecule has 48 valence electrons. The monoisotopic (exact) mass is 155 g/mol. The van der Waals surface area contributed by atoms with Crippen LogP contribution in [-0.2, 0) is 0 Å². The molecule has 0 radical (unpaired) electrons. The summed E-state index contributed by atoms with van der Waals surface area (Å²) in [5.41, 5.74) is 0. The van der Waals surface area contributed by atoms with Crippen LogP contribution >= 0.6 is 23.2 Å². The second-order valence-electron chi connectivity index (χ2n) is 1.87. The summed E-state index contributed by atoms with van der Waals surface area (Å²) in [6, 6.07) is 0. The van der Waals surface area contributed by atoms with Gasteiger partial charge in [0.2, 0.25) is 0 Å². The van der Waals surface area contributed by atoms with Gasteiger partial charge in [0, 0.05) is 14.8 Å². The number of halogens is 2. The van der Waals surface area contributed by atoms with E-state index in [1.165, 1.54) is 0 Å². The van der Waals surface area contributed by atoms with E-state index in [1.54, 1.807) is 0 Å². The zero-order valence-electron chi connectivity index (χ0n) is 7.45. The molecule has 0 nitrogen and oxygen atoms in total. The van der Waals surface area contributed by atoms with Crippen LogP contribution in [0, 0.1) is 0 Å². The van der Waals surface area contributed by atoms with Crippen molar-refractivity contribution in [2.24, 2.45) is 0 Å². The van der Waals surface area contributed by atoms with E-state index in [2.05, 4.69) is 0 Å². The second kappa shape index (κ2) is 2.93. The largest absolute Gasteiger partial charge is 0.121 e. The van der Waals surface area contributed by atoms with E-state index in [0.717, 1.165) is 0 Å². The van der Waals surface area contributed by atoms with Crippen molar-refractivity contribution in [3.63, 3.8) is 0 Å². The van der Waals surface area contributed by atoms with Crippen molar-refractivity contribution in [2.75, 3.05) is 0 Å². The lowest BCUT2D eigenvalue weighted by Crippen LogP contribution is -2.19. The first-order chi connectivity index (χ1) is 4.83. The third-order valence-corrected chi connectivity index (χ3v) is 2.19. The SMILES string of the molecule is [2H]C1([2H])CC[C@@]([2H])(Cl)[C@@H](Cl)C1. The molecule has 0 saturated heterocycles. The standard InChI is InChI=1S/C6H10Cl2/c7-5-3-1-2-4-6(5)8/h5-6H,1-4H2/t5-,6+/i1D2,6D/m0/s1. The van der Waals surface area contributed by atoms with Crippen LogP contribution in [0.5, 0.6) is 0 Å². The van der Waals surface area contributed by atoms with Crippen LogP contribution in [0.1, 0.15) is 29.7 Å². The summed E-state index contributed by atoms with van der Waals surface area (Å²) in [5, 5.41) is -1.74. The van der Waals surface area contributed by atoms with Gasteiger partial charge in [0.25, 0.3) is 0 Å². The molecule has 0 unspecified atom stereocenters. The smallest absolute Gasteiger partial charge is 0.0499 e. The van der Waals surface area contributed by atoms with Gasteiger partial charge in [-0.25, -0.2) is 0 Å². The molecule has 0 aromatic heterocycles. The molecule has 0 N–H and O–H groups in total. The molecule has 0 aromatic rings. The van der Waals surface area contributed by atoms with E-state index >= 15 is 0 Å². The molecule has 0 heterocycles. The quantitative estimate of drug-likeness (QED) is 0.473. The van der Waals surface area contributed by atoms with Gasteiger partial charge in [-0.15, -0.1) is 23.2 Å². The van der Waals surface area contributed by atoms with Crippen LogP contribution < -0.4 is 0 Å². The molecule has 1 fully saturated rings. The van der Waals surface area contributed by atoms with Gasteiger partial charge >= 0.3 is 0 Å². The van der Waals surface area contributed by atoms with Gasteiger partial charge in [-0.3, -0.25) is 0 Å². The summed E-state index contributed by atoms with van der Waals surface area (Å²) in [4.78, 5) is 0. The third-order valence-electron chi connectivity index (χ3n) is 1.20. The van der Waals surface area contributed by atoms with Crippen LogP contribution in [-0.4, -0.2) is 10.7 Å². The number of alkyl halides is 2. The van der Waals surface area contributed by atoms with Crippen molar-refractivity contribution in [3.8, 4) is 0 Å². The van der Waals surface area contributed by atoms with Crippen molar-refractivity contribution in [1.29, 1.82) is 0 Å². The second-order valence-corrected chi connectivity index (χ2v) is 2.88. The first-order valence-electron chi connectivity index (χ1n) is 4.16. The van der Waals surface area contributed by atoms with Crippen LogP contribution in [0.4, 0.5) is 0 Å². The predicted octanol–water partition coefficient (Wildman–Crippen LogP) is 2.78. The third kappa shape index (κ3) is 1.53. The topological polar surface area (TPSA) is 0 Å². The summed E-state index contributed by atoms with van der Waals surface area (Å²) in [6.45, 7) is 0. The first kappa shape index (κ1) is 3.68. The zero-order valence-corrected chi connectivity index (χ0v) is 5.97. The Bertz CT molecular complexity index is 158. The normalized spacial score (nSPS) is 60.8. The van der Waals surface area contributed by atoms with Crippen molar-refractivity contribution < 1.29 is 4.11 Å². The molecule has 8 heavy (non-hydrogen) atoms. The summed E-state index contributed by atoms with van der Waals surface area (Å²) in [7, 11) is 0. The minimum absolute atomic E-state index is 0.182. The van der Waals surface area contributed by atoms with Crippen molar-refractivity contribution >= 4 is 23.2 Å². The molecule has 1 rings (SSSR count). The number of rotatable bonds is 0. The van der Waals surface area contributed by atoms with Crippen LogP contribution in [0.2, 0.25) is 0 Å². The van der Waals surface area contributed by atoms with Crippen LogP contribution in [0.25, 0.3) is 0 Å². The van der Waals surface area contributed by atoms with E-state index in [9.17, 15) is 0 Å². The van der Waals surface area contributed by atoms with Crippen molar-refractivity contribution in [1.82, 2.24) is 0 Å². The molecule has 0 amide bonds. The van der Waals surface area contributed by atoms with Gasteiger partial charge < -0.3 is 0 Å². The van der Waals surface area contributed by atoms with Crippen molar-refractivity contribution in [3.05, 3.63) is 0 Å². The Kier molecular flexibility index (Phi) is 1.35. The Morgan fingerprint density at radius 3 is 2.75 bits per heavy atom. The average Bonchev–Trinajstić information content (AvgIpc) is 1.81. The summed E-state index contributed by atoms with van der Waals surface area (Å²) >= 11 is 11.5. The Labute approximate surface area is 64.4 Å². The number of hydrogen-bond acceptors (Lipinski definition) is 0. The fourth-order valence-corrected chi connectivity index (χ4v) is 1.09. The van der Waals surface area contributed by atoms with Gasteiger partial charge in [-0.1, -0.05) is 12.8 Å². The zero-order chi connectivity index (χ0) is 8.70. The Morgan fingerprint density at radius 1 is 1.50 bits per heavy atom. The Morgan fingerprint density at radius 2 is 2.25 bits per heavy atom. The summed E-state index contributed by atoms with van der Waals surface area (Å²) in [6.07, 6.45) is -0.383. The summed E-state index contributed by atoms with van der Waals surface area (Å²) in [5.74, 6) is 0. The molecule has 1 aliphatic rings. The van der Waals surface area contributed by atoms with Gasteiger partial charge in [-0.2, -0.15) is 0 Å². The lowest BCUT2D eigenvalue weighted by molar-refractivity contribution is 0.517. The van der Waals surface area contributed by atoms with E-state index in [4.69, 9.17) is 27.3 Å². The molecule has 2 heteroatoms.